The first kappa shape index (κ1) is 32.1. The van der Waals surface area contributed by atoms with Gasteiger partial charge in [-0.25, -0.2) is 0 Å². The maximum Gasteiger partial charge on any atom is 0.319 e. The summed E-state index contributed by atoms with van der Waals surface area (Å²) in [5.41, 5.74) is 0. The van der Waals surface area contributed by atoms with Crippen LogP contribution >= 0.6 is 31.9 Å². The Balaban J connectivity index is 0. The second kappa shape index (κ2) is 25.2. The van der Waals surface area contributed by atoms with Crippen molar-refractivity contribution in [1.29, 1.82) is 0 Å². The molecule has 0 aliphatic rings. The molecule has 0 amide bonds. The largest absolute Gasteiger partial charge is 0.481 e. The van der Waals surface area contributed by atoms with Crippen LogP contribution in [0.3, 0.4) is 0 Å². The Morgan fingerprint density at radius 2 is 1.20 bits per heavy atom. The molecule has 4 nitrogen and oxygen atoms in total. The summed E-state index contributed by atoms with van der Waals surface area (Å²) in [6.07, 6.45) is 18.9. The molecule has 2 atom stereocenters. The maximum atomic E-state index is 11.8. The van der Waals surface area contributed by atoms with E-state index >= 15 is 0 Å². The summed E-state index contributed by atoms with van der Waals surface area (Å²) < 4.78 is 5.35. The molecule has 0 rings (SSSR count). The van der Waals surface area contributed by atoms with Crippen molar-refractivity contribution in [1.82, 2.24) is 0 Å². The van der Waals surface area contributed by atoms with Crippen LogP contribution in [0.15, 0.2) is 0 Å². The number of hydrogen-bond donors (Lipinski definition) is 1. The third-order valence-corrected chi connectivity index (χ3v) is 5.92. The van der Waals surface area contributed by atoms with Crippen LogP contribution in [0.25, 0.3) is 0 Å². The van der Waals surface area contributed by atoms with Crippen LogP contribution in [0, 0.1) is 0 Å². The molecule has 1 N–H and O–H groups in total. The van der Waals surface area contributed by atoms with Gasteiger partial charge in [-0.3, -0.25) is 9.59 Å². The van der Waals surface area contributed by atoms with Crippen LogP contribution in [-0.4, -0.2) is 33.3 Å². The van der Waals surface area contributed by atoms with Crippen molar-refractivity contribution in [2.24, 2.45) is 0 Å². The summed E-state index contributed by atoms with van der Waals surface area (Å²) in [5.74, 6) is -0.828. The number of hydrogen-bond acceptors (Lipinski definition) is 3. The minimum atomic E-state index is -0.760. The number of aliphatic carboxylic acids is 1. The van der Waals surface area contributed by atoms with Gasteiger partial charge < -0.3 is 9.84 Å². The van der Waals surface area contributed by atoms with Crippen molar-refractivity contribution < 1.29 is 19.4 Å². The highest BCUT2D eigenvalue weighted by Gasteiger charge is 2.15. The third-order valence-electron chi connectivity index (χ3n) is 4.76. The number of carbonyl (C=O) groups is 2. The van der Waals surface area contributed by atoms with Crippen LogP contribution in [0.2, 0.25) is 0 Å². The lowest BCUT2D eigenvalue weighted by atomic mass is 10.1. The molecule has 2 unspecified atom stereocenters. The van der Waals surface area contributed by atoms with Crippen LogP contribution in [0.5, 0.6) is 0 Å². The molecule has 0 spiro atoms. The number of halogens is 2. The topological polar surface area (TPSA) is 63.6 Å². The molecule has 0 bridgehead atoms. The molecular formula is C24H46Br2O4. The lowest BCUT2D eigenvalue weighted by Gasteiger charge is -2.10. The van der Waals surface area contributed by atoms with Gasteiger partial charge in [0, 0.05) is 4.83 Å². The Labute approximate surface area is 202 Å². The minimum absolute atomic E-state index is 0.0681. The standard InChI is InChI=1S/C20H39BrO2.C4H7BrO2/c1-3-5-7-9-11-12-13-15-17-19(21)20(22)23-18-16-14-10-8-6-4-2;1-3(5)2-4(6)7/h19H,3-18H2,1-2H3;3H,2H2,1H3,(H,6,7). The van der Waals surface area contributed by atoms with Crippen LogP contribution < -0.4 is 0 Å². The van der Waals surface area contributed by atoms with E-state index in [1.165, 1.54) is 77.0 Å². The van der Waals surface area contributed by atoms with Gasteiger partial charge in [-0.05, 0) is 12.8 Å². The van der Waals surface area contributed by atoms with Gasteiger partial charge in [0.15, 0.2) is 0 Å². The first-order chi connectivity index (χ1) is 14.3. The third kappa shape index (κ3) is 27.9. The van der Waals surface area contributed by atoms with Crippen molar-refractivity contribution in [2.75, 3.05) is 6.61 Å². The monoisotopic (exact) mass is 556 g/mol. The van der Waals surface area contributed by atoms with Crippen LogP contribution in [0.1, 0.15) is 124 Å². The van der Waals surface area contributed by atoms with Crippen molar-refractivity contribution in [3.63, 3.8) is 0 Å². The summed E-state index contributed by atoms with van der Waals surface area (Å²) in [4.78, 5) is 21.6. The number of carbonyl (C=O) groups excluding carboxylic acids is 1. The van der Waals surface area contributed by atoms with Gasteiger partial charge >= 0.3 is 11.9 Å². The van der Waals surface area contributed by atoms with Crippen molar-refractivity contribution in [3.8, 4) is 0 Å². The van der Waals surface area contributed by atoms with Gasteiger partial charge in [0.25, 0.3) is 0 Å². The highest BCUT2D eigenvalue weighted by Crippen LogP contribution is 2.15. The van der Waals surface area contributed by atoms with E-state index in [4.69, 9.17) is 9.84 Å². The Hall–Kier alpha value is -0.100. The molecule has 0 aromatic rings. The summed E-state index contributed by atoms with van der Waals surface area (Å²) in [5, 5.41) is 8.05. The first-order valence-electron chi connectivity index (χ1n) is 12.0. The van der Waals surface area contributed by atoms with E-state index in [1.807, 2.05) is 0 Å². The van der Waals surface area contributed by atoms with Gasteiger partial charge in [0.2, 0.25) is 0 Å². The van der Waals surface area contributed by atoms with E-state index in [0.717, 1.165) is 19.3 Å². The molecule has 0 aliphatic carbocycles. The van der Waals surface area contributed by atoms with Gasteiger partial charge in [-0.2, -0.15) is 0 Å². The summed E-state index contributed by atoms with van der Waals surface area (Å²) in [6, 6.07) is 0. The van der Waals surface area contributed by atoms with Crippen molar-refractivity contribution >= 4 is 43.8 Å². The number of ether oxygens (including phenoxy) is 1. The summed E-state index contributed by atoms with van der Waals surface area (Å²) >= 11 is 6.57. The molecule has 0 aliphatic heterocycles. The Morgan fingerprint density at radius 1 is 0.767 bits per heavy atom. The molecule has 0 aromatic carbocycles. The lowest BCUT2D eigenvalue weighted by molar-refractivity contribution is -0.143. The summed E-state index contributed by atoms with van der Waals surface area (Å²) in [6.45, 7) is 6.87. The van der Waals surface area contributed by atoms with E-state index in [0.29, 0.717) is 6.61 Å². The molecule has 0 radical (unpaired) electrons. The Morgan fingerprint density at radius 3 is 1.60 bits per heavy atom. The number of carboxylic acids is 1. The minimum Gasteiger partial charge on any atom is -0.481 e. The quantitative estimate of drug-likeness (QED) is 0.0982. The summed E-state index contributed by atoms with van der Waals surface area (Å²) in [7, 11) is 0. The van der Waals surface area contributed by atoms with Crippen molar-refractivity contribution in [2.45, 2.75) is 133 Å². The van der Waals surface area contributed by atoms with Gasteiger partial charge in [0.05, 0.1) is 13.0 Å². The second-order valence-corrected chi connectivity index (χ2v) is 10.7. The van der Waals surface area contributed by atoms with E-state index in [9.17, 15) is 9.59 Å². The number of unbranched alkanes of at least 4 members (excludes halogenated alkanes) is 12. The average molecular weight is 558 g/mol. The van der Waals surface area contributed by atoms with Gasteiger partial charge in [-0.15, -0.1) is 0 Å². The molecule has 6 heteroatoms. The van der Waals surface area contributed by atoms with Crippen molar-refractivity contribution in [3.05, 3.63) is 0 Å². The predicted molar refractivity (Wildman–Crippen MR) is 135 cm³/mol. The van der Waals surface area contributed by atoms with E-state index in [-0.39, 0.29) is 22.0 Å². The maximum absolute atomic E-state index is 11.8. The Kier molecular flexibility index (Phi) is 26.9. The van der Waals surface area contributed by atoms with Gasteiger partial charge in [0.1, 0.15) is 4.83 Å². The molecular weight excluding hydrogens is 512 g/mol. The average Bonchev–Trinajstić information content (AvgIpc) is 2.68. The smallest absolute Gasteiger partial charge is 0.319 e. The highest BCUT2D eigenvalue weighted by molar-refractivity contribution is 9.10. The fourth-order valence-corrected chi connectivity index (χ4v) is 3.69. The molecule has 0 saturated carbocycles. The van der Waals surface area contributed by atoms with E-state index < -0.39 is 5.97 Å². The zero-order valence-corrected chi connectivity index (χ0v) is 22.8. The zero-order chi connectivity index (χ0) is 23.0. The molecule has 0 saturated heterocycles. The molecule has 0 fully saturated rings. The van der Waals surface area contributed by atoms with Gasteiger partial charge in [-0.1, -0.05) is 136 Å². The lowest BCUT2D eigenvalue weighted by Crippen LogP contribution is -2.18. The number of esters is 1. The normalized spacial score (nSPS) is 12.6. The van der Waals surface area contributed by atoms with Crippen LogP contribution in [-0.2, 0) is 14.3 Å². The molecule has 0 heterocycles. The fourth-order valence-electron chi connectivity index (χ4n) is 2.96. The fraction of sp³-hybridized carbons (Fsp3) is 0.917. The number of alkyl halides is 2. The SMILES string of the molecule is CC(Br)CC(=O)O.CCCCCCCCCCC(Br)C(=O)OCCCCCCCC. The Bertz CT molecular complexity index is 389. The highest BCUT2D eigenvalue weighted by atomic mass is 79.9. The predicted octanol–water partition coefficient (Wildman–Crippen LogP) is 8.43. The van der Waals surface area contributed by atoms with E-state index in [1.54, 1.807) is 6.92 Å². The number of rotatable bonds is 19. The van der Waals surface area contributed by atoms with E-state index in [2.05, 4.69) is 45.7 Å². The second-order valence-electron chi connectivity index (χ2n) is 8.04. The molecule has 30 heavy (non-hydrogen) atoms. The number of carboxylic acid groups (broad SMARTS) is 1. The zero-order valence-electron chi connectivity index (χ0n) is 19.6. The molecule has 180 valence electrons. The molecule has 0 aromatic heterocycles. The van der Waals surface area contributed by atoms with Crippen LogP contribution in [0.4, 0.5) is 0 Å². The first-order valence-corrected chi connectivity index (χ1v) is 13.8.